The monoisotopic (exact) mass is 322 g/mol. The molecule has 1 aromatic carbocycles. The number of hydrogen-bond acceptors (Lipinski definition) is 4. The van der Waals surface area contributed by atoms with E-state index in [1.165, 1.54) is 10.6 Å². The SMILES string of the molecule is O=C(c1cnc2c(c1)ncn2CCc1ccccc1)N1CCCO1. The minimum Gasteiger partial charge on any atom is -0.315 e. The van der Waals surface area contributed by atoms with Crippen LogP contribution in [0.3, 0.4) is 0 Å². The summed E-state index contributed by atoms with van der Waals surface area (Å²) in [6.07, 6.45) is 5.17. The Labute approximate surface area is 139 Å². The number of carbonyl (C=O) groups is 1. The van der Waals surface area contributed by atoms with Gasteiger partial charge in [0, 0.05) is 12.7 Å². The standard InChI is InChI=1S/C18H18N4O2/c23-18(22-8-4-10-24-22)15-11-16-17(19-12-15)21(13-20-16)9-7-14-5-2-1-3-6-14/h1-3,5-6,11-13H,4,7-10H2. The zero-order chi connectivity index (χ0) is 16.4. The van der Waals surface area contributed by atoms with Crippen molar-refractivity contribution in [3.63, 3.8) is 0 Å². The third-order valence-corrected chi connectivity index (χ3v) is 4.17. The summed E-state index contributed by atoms with van der Waals surface area (Å²) < 4.78 is 2.02. The molecule has 0 aliphatic carbocycles. The van der Waals surface area contributed by atoms with Crippen LogP contribution in [0.25, 0.3) is 11.2 Å². The van der Waals surface area contributed by atoms with Crippen LogP contribution in [-0.4, -0.2) is 38.7 Å². The minimum absolute atomic E-state index is 0.152. The molecular formula is C18H18N4O2. The van der Waals surface area contributed by atoms with Crippen LogP contribution in [0.5, 0.6) is 0 Å². The van der Waals surface area contributed by atoms with Gasteiger partial charge in [-0.2, -0.15) is 0 Å². The fourth-order valence-corrected chi connectivity index (χ4v) is 2.88. The first-order chi connectivity index (χ1) is 11.8. The molecule has 1 aliphatic heterocycles. The van der Waals surface area contributed by atoms with Gasteiger partial charge in [0.05, 0.1) is 25.0 Å². The zero-order valence-corrected chi connectivity index (χ0v) is 13.3. The van der Waals surface area contributed by atoms with Crippen molar-refractivity contribution in [3.05, 3.63) is 60.0 Å². The first-order valence-electron chi connectivity index (χ1n) is 8.11. The molecule has 0 radical (unpaired) electrons. The van der Waals surface area contributed by atoms with Crippen LogP contribution in [0.15, 0.2) is 48.9 Å². The number of fused-ring (bicyclic) bond motifs is 1. The Morgan fingerprint density at radius 1 is 1.21 bits per heavy atom. The fourth-order valence-electron chi connectivity index (χ4n) is 2.88. The summed E-state index contributed by atoms with van der Waals surface area (Å²) in [5.41, 5.74) is 3.31. The lowest BCUT2D eigenvalue weighted by Crippen LogP contribution is -2.26. The van der Waals surface area contributed by atoms with E-state index in [2.05, 4.69) is 22.1 Å². The molecule has 1 fully saturated rings. The van der Waals surface area contributed by atoms with Crippen molar-refractivity contribution in [3.8, 4) is 0 Å². The molecule has 0 unspecified atom stereocenters. The molecule has 0 atom stereocenters. The first kappa shape index (κ1) is 14.8. The smallest absolute Gasteiger partial charge is 0.279 e. The molecule has 1 saturated heterocycles. The molecule has 0 spiro atoms. The number of hydrogen-bond donors (Lipinski definition) is 0. The normalized spacial score (nSPS) is 14.4. The van der Waals surface area contributed by atoms with Crippen molar-refractivity contribution in [2.75, 3.05) is 13.2 Å². The maximum absolute atomic E-state index is 12.3. The van der Waals surface area contributed by atoms with Crippen molar-refractivity contribution < 1.29 is 9.63 Å². The van der Waals surface area contributed by atoms with Crippen LogP contribution in [-0.2, 0) is 17.8 Å². The van der Waals surface area contributed by atoms with Gasteiger partial charge < -0.3 is 4.57 Å². The quantitative estimate of drug-likeness (QED) is 0.740. The summed E-state index contributed by atoms with van der Waals surface area (Å²) in [5, 5.41) is 1.40. The van der Waals surface area contributed by atoms with Gasteiger partial charge in [0.15, 0.2) is 5.65 Å². The average Bonchev–Trinajstić information content (AvgIpc) is 3.30. The maximum atomic E-state index is 12.3. The number of amides is 1. The van der Waals surface area contributed by atoms with Crippen LogP contribution < -0.4 is 0 Å². The van der Waals surface area contributed by atoms with Crippen molar-refractivity contribution in [1.82, 2.24) is 19.6 Å². The largest absolute Gasteiger partial charge is 0.315 e. The number of pyridine rings is 1. The predicted molar refractivity (Wildman–Crippen MR) is 89.3 cm³/mol. The molecule has 4 rings (SSSR count). The second-order valence-corrected chi connectivity index (χ2v) is 5.83. The van der Waals surface area contributed by atoms with E-state index in [1.807, 2.05) is 22.8 Å². The van der Waals surface area contributed by atoms with Crippen LogP contribution in [0.2, 0.25) is 0 Å². The van der Waals surface area contributed by atoms with Crippen LogP contribution in [0.1, 0.15) is 22.3 Å². The summed E-state index contributed by atoms with van der Waals surface area (Å²) in [4.78, 5) is 26.5. The molecule has 24 heavy (non-hydrogen) atoms. The second kappa shape index (κ2) is 6.41. The molecule has 122 valence electrons. The molecule has 3 heterocycles. The summed E-state index contributed by atoms with van der Waals surface area (Å²) >= 11 is 0. The lowest BCUT2D eigenvalue weighted by molar-refractivity contribution is -0.0768. The predicted octanol–water partition coefficient (Wildman–Crippen LogP) is 2.45. The van der Waals surface area contributed by atoms with Crippen molar-refractivity contribution in [2.24, 2.45) is 0 Å². The van der Waals surface area contributed by atoms with E-state index in [4.69, 9.17) is 4.84 Å². The number of benzene rings is 1. The Kier molecular flexibility index (Phi) is 3.96. The van der Waals surface area contributed by atoms with Gasteiger partial charge in [-0.15, -0.1) is 0 Å². The first-order valence-corrected chi connectivity index (χ1v) is 8.11. The van der Waals surface area contributed by atoms with Gasteiger partial charge in [0.25, 0.3) is 5.91 Å². The Hall–Kier alpha value is -2.73. The molecule has 6 nitrogen and oxygen atoms in total. The number of rotatable bonds is 4. The van der Waals surface area contributed by atoms with Gasteiger partial charge in [0.1, 0.15) is 5.52 Å². The number of nitrogens with zero attached hydrogens (tertiary/aromatic N) is 4. The topological polar surface area (TPSA) is 60.2 Å². The van der Waals surface area contributed by atoms with Crippen LogP contribution in [0.4, 0.5) is 0 Å². The van der Waals surface area contributed by atoms with Gasteiger partial charge in [-0.3, -0.25) is 9.63 Å². The number of aryl methyl sites for hydroxylation is 2. The molecule has 3 aromatic rings. The summed E-state index contributed by atoms with van der Waals surface area (Å²) in [6.45, 7) is 2.02. The van der Waals surface area contributed by atoms with Crippen molar-refractivity contribution >= 4 is 17.1 Å². The molecule has 0 bridgehead atoms. The molecule has 6 heteroatoms. The highest BCUT2D eigenvalue weighted by Gasteiger charge is 2.21. The highest BCUT2D eigenvalue weighted by molar-refractivity contribution is 5.95. The highest BCUT2D eigenvalue weighted by atomic mass is 16.7. The highest BCUT2D eigenvalue weighted by Crippen LogP contribution is 2.16. The molecule has 0 N–H and O–H groups in total. The van der Waals surface area contributed by atoms with Crippen molar-refractivity contribution in [1.29, 1.82) is 0 Å². The molecule has 0 saturated carbocycles. The summed E-state index contributed by atoms with van der Waals surface area (Å²) in [6, 6.07) is 12.1. The average molecular weight is 322 g/mol. The van der Waals surface area contributed by atoms with Gasteiger partial charge in [0.2, 0.25) is 0 Å². The minimum atomic E-state index is -0.152. The third kappa shape index (κ3) is 2.88. The number of imidazole rings is 1. The third-order valence-electron chi connectivity index (χ3n) is 4.17. The lowest BCUT2D eigenvalue weighted by Gasteiger charge is -2.13. The number of carbonyl (C=O) groups excluding carboxylic acids is 1. The Balaban J connectivity index is 1.53. The van der Waals surface area contributed by atoms with E-state index in [-0.39, 0.29) is 5.91 Å². The fraction of sp³-hybridized carbons (Fsp3) is 0.278. The van der Waals surface area contributed by atoms with Gasteiger partial charge >= 0.3 is 0 Å². The molecule has 1 amide bonds. The van der Waals surface area contributed by atoms with E-state index in [0.29, 0.717) is 18.7 Å². The maximum Gasteiger partial charge on any atom is 0.279 e. The molecular weight excluding hydrogens is 304 g/mol. The number of hydroxylamine groups is 2. The van der Waals surface area contributed by atoms with E-state index in [9.17, 15) is 4.79 Å². The Bertz CT molecular complexity index is 854. The molecule has 2 aromatic heterocycles. The van der Waals surface area contributed by atoms with Crippen molar-refractivity contribution in [2.45, 2.75) is 19.4 Å². The van der Waals surface area contributed by atoms with Gasteiger partial charge in [-0.25, -0.2) is 15.0 Å². The van der Waals surface area contributed by atoms with E-state index in [0.717, 1.165) is 30.6 Å². The van der Waals surface area contributed by atoms with Gasteiger partial charge in [-0.05, 0) is 24.5 Å². The Morgan fingerprint density at radius 3 is 2.88 bits per heavy atom. The van der Waals surface area contributed by atoms with E-state index < -0.39 is 0 Å². The number of aromatic nitrogens is 3. The summed E-state index contributed by atoms with van der Waals surface area (Å²) in [5.74, 6) is -0.152. The van der Waals surface area contributed by atoms with E-state index >= 15 is 0 Å². The van der Waals surface area contributed by atoms with Gasteiger partial charge in [-0.1, -0.05) is 30.3 Å². The molecule has 1 aliphatic rings. The second-order valence-electron chi connectivity index (χ2n) is 5.83. The summed E-state index contributed by atoms with van der Waals surface area (Å²) in [7, 11) is 0. The lowest BCUT2D eigenvalue weighted by atomic mass is 10.1. The Morgan fingerprint density at radius 2 is 2.08 bits per heavy atom. The van der Waals surface area contributed by atoms with E-state index in [1.54, 1.807) is 18.6 Å². The zero-order valence-electron chi connectivity index (χ0n) is 13.3. The van der Waals surface area contributed by atoms with Crippen LogP contribution >= 0.6 is 0 Å². The van der Waals surface area contributed by atoms with Crippen LogP contribution in [0, 0.1) is 0 Å².